The zero-order valence-electron chi connectivity index (χ0n) is 14.0. The summed E-state index contributed by atoms with van der Waals surface area (Å²) in [7, 11) is -3.91. The molecule has 2 aromatic rings. The SMILES string of the molecule is Cc1ccc(S(=O)(=O)N2c3cc(C)ccc3OC[C@H]2CC(=O)O)cc1. The van der Waals surface area contributed by atoms with Crippen LogP contribution >= 0.6 is 0 Å². The Morgan fingerprint density at radius 3 is 2.44 bits per heavy atom. The average molecular weight is 361 g/mol. The van der Waals surface area contributed by atoms with Crippen LogP contribution in [-0.4, -0.2) is 32.1 Å². The third kappa shape index (κ3) is 3.32. The second-order valence-corrected chi connectivity index (χ2v) is 7.96. The first-order valence-electron chi connectivity index (χ1n) is 7.85. The van der Waals surface area contributed by atoms with E-state index in [1.807, 2.05) is 19.9 Å². The molecular formula is C18H19NO5S. The molecule has 1 atom stereocenters. The summed E-state index contributed by atoms with van der Waals surface area (Å²) in [5.41, 5.74) is 2.18. The van der Waals surface area contributed by atoms with Gasteiger partial charge in [0.25, 0.3) is 10.0 Å². The van der Waals surface area contributed by atoms with Crippen molar-refractivity contribution in [2.75, 3.05) is 10.9 Å². The van der Waals surface area contributed by atoms with Gasteiger partial charge in [0.15, 0.2) is 0 Å². The smallest absolute Gasteiger partial charge is 0.305 e. The van der Waals surface area contributed by atoms with Crippen molar-refractivity contribution in [2.45, 2.75) is 31.2 Å². The van der Waals surface area contributed by atoms with E-state index in [9.17, 15) is 18.3 Å². The number of nitrogens with zero attached hydrogens (tertiary/aromatic N) is 1. The molecule has 25 heavy (non-hydrogen) atoms. The molecule has 6 nitrogen and oxygen atoms in total. The maximum atomic E-state index is 13.2. The predicted octanol–water partition coefficient (Wildman–Crippen LogP) is 2.73. The second-order valence-electron chi connectivity index (χ2n) is 6.15. The molecule has 0 aromatic heterocycles. The minimum absolute atomic E-state index is 0.00650. The number of rotatable bonds is 4. The molecule has 1 aliphatic heterocycles. The molecule has 1 N–H and O–H groups in total. The first kappa shape index (κ1) is 17.3. The Morgan fingerprint density at radius 1 is 1.16 bits per heavy atom. The van der Waals surface area contributed by atoms with Crippen LogP contribution < -0.4 is 9.04 Å². The molecule has 0 spiro atoms. The molecule has 0 saturated carbocycles. The molecule has 132 valence electrons. The van der Waals surface area contributed by atoms with Crippen molar-refractivity contribution in [2.24, 2.45) is 0 Å². The van der Waals surface area contributed by atoms with Crippen LogP contribution in [0.15, 0.2) is 47.4 Å². The largest absolute Gasteiger partial charge is 0.489 e. The minimum Gasteiger partial charge on any atom is -0.489 e. The third-order valence-electron chi connectivity index (χ3n) is 4.10. The van der Waals surface area contributed by atoms with Gasteiger partial charge in [-0.2, -0.15) is 0 Å². The number of anilines is 1. The van der Waals surface area contributed by atoms with Crippen LogP contribution in [0.1, 0.15) is 17.5 Å². The Kier molecular flexibility index (Phi) is 4.43. The number of hydrogen-bond acceptors (Lipinski definition) is 4. The molecule has 2 aromatic carbocycles. The number of carboxylic acid groups (broad SMARTS) is 1. The van der Waals surface area contributed by atoms with E-state index in [-0.39, 0.29) is 17.9 Å². The summed E-state index contributed by atoms with van der Waals surface area (Å²) in [6.45, 7) is 3.71. The van der Waals surface area contributed by atoms with Crippen LogP contribution in [0.5, 0.6) is 5.75 Å². The Labute approximate surface area is 146 Å². The van der Waals surface area contributed by atoms with Gasteiger partial charge in [-0.1, -0.05) is 23.8 Å². The highest BCUT2D eigenvalue weighted by atomic mass is 32.2. The van der Waals surface area contributed by atoms with E-state index in [1.165, 1.54) is 16.4 Å². The van der Waals surface area contributed by atoms with E-state index in [0.29, 0.717) is 11.4 Å². The molecule has 1 aliphatic rings. The average Bonchev–Trinajstić information content (AvgIpc) is 2.54. The lowest BCUT2D eigenvalue weighted by Gasteiger charge is -2.37. The van der Waals surface area contributed by atoms with Crippen molar-refractivity contribution in [1.82, 2.24) is 0 Å². The molecule has 0 unspecified atom stereocenters. The summed E-state index contributed by atoms with van der Waals surface area (Å²) in [6, 6.07) is 10.9. The quantitative estimate of drug-likeness (QED) is 0.905. The zero-order valence-corrected chi connectivity index (χ0v) is 14.8. The van der Waals surface area contributed by atoms with E-state index in [1.54, 1.807) is 24.3 Å². The molecule has 0 saturated heterocycles. The topological polar surface area (TPSA) is 83.9 Å². The highest BCUT2D eigenvalue weighted by Crippen LogP contribution is 2.39. The maximum Gasteiger partial charge on any atom is 0.305 e. The Balaban J connectivity index is 2.15. The fraction of sp³-hybridized carbons (Fsp3) is 0.278. The predicted molar refractivity (Wildman–Crippen MR) is 93.6 cm³/mol. The monoisotopic (exact) mass is 361 g/mol. The van der Waals surface area contributed by atoms with Crippen LogP contribution in [0.2, 0.25) is 0 Å². The summed E-state index contributed by atoms with van der Waals surface area (Å²) >= 11 is 0. The van der Waals surface area contributed by atoms with Crippen LogP contribution in [-0.2, 0) is 14.8 Å². The highest BCUT2D eigenvalue weighted by Gasteiger charge is 2.38. The van der Waals surface area contributed by atoms with E-state index in [4.69, 9.17) is 4.74 Å². The van der Waals surface area contributed by atoms with E-state index in [0.717, 1.165) is 11.1 Å². The van der Waals surface area contributed by atoms with Gasteiger partial charge >= 0.3 is 5.97 Å². The number of sulfonamides is 1. The van der Waals surface area contributed by atoms with Crippen LogP contribution in [0, 0.1) is 13.8 Å². The van der Waals surface area contributed by atoms with E-state index < -0.39 is 22.0 Å². The summed E-state index contributed by atoms with van der Waals surface area (Å²) in [5.74, 6) is -0.642. The number of aryl methyl sites for hydroxylation is 2. The van der Waals surface area contributed by atoms with Gasteiger partial charge in [-0.05, 0) is 43.7 Å². The van der Waals surface area contributed by atoms with Gasteiger partial charge < -0.3 is 9.84 Å². The lowest BCUT2D eigenvalue weighted by Crippen LogP contribution is -2.47. The normalized spacial score (nSPS) is 16.9. The van der Waals surface area contributed by atoms with Gasteiger partial charge in [0.05, 0.1) is 23.0 Å². The van der Waals surface area contributed by atoms with Crippen molar-refractivity contribution in [3.05, 3.63) is 53.6 Å². The van der Waals surface area contributed by atoms with Crippen LogP contribution in [0.25, 0.3) is 0 Å². The molecule has 7 heteroatoms. The van der Waals surface area contributed by atoms with Crippen molar-refractivity contribution in [1.29, 1.82) is 0 Å². The number of carboxylic acids is 1. The standard InChI is InChI=1S/C18H19NO5S/c1-12-3-6-15(7-4-12)25(22,23)19-14(10-18(20)21)11-24-17-8-5-13(2)9-16(17)19/h3-9,14H,10-11H2,1-2H3,(H,20,21)/t14-/m1/s1. The zero-order chi connectivity index (χ0) is 18.2. The number of fused-ring (bicyclic) bond motifs is 1. The van der Waals surface area contributed by atoms with E-state index in [2.05, 4.69) is 0 Å². The summed E-state index contributed by atoms with van der Waals surface area (Å²) < 4.78 is 33.3. The lowest BCUT2D eigenvalue weighted by atomic mass is 10.1. The third-order valence-corrected chi connectivity index (χ3v) is 5.98. The molecule has 0 radical (unpaired) electrons. The van der Waals surface area contributed by atoms with Crippen molar-refractivity contribution in [3.63, 3.8) is 0 Å². The summed E-state index contributed by atoms with van der Waals surface area (Å²) in [6.07, 6.45) is -0.335. The fourth-order valence-electron chi connectivity index (χ4n) is 2.86. The van der Waals surface area contributed by atoms with Gasteiger partial charge in [-0.25, -0.2) is 8.42 Å². The van der Waals surface area contributed by atoms with Gasteiger partial charge in [-0.15, -0.1) is 0 Å². The molecule has 0 aliphatic carbocycles. The van der Waals surface area contributed by atoms with Gasteiger partial charge in [0, 0.05) is 0 Å². The highest BCUT2D eigenvalue weighted by molar-refractivity contribution is 7.92. The number of hydrogen-bond donors (Lipinski definition) is 1. The minimum atomic E-state index is -3.91. The molecule has 0 fully saturated rings. The second kappa shape index (κ2) is 6.40. The Morgan fingerprint density at radius 2 is 1.80 bits per heavy atom. The number of benzene rings is 2. The molecular weight excluding hydrogens is 342 g/mol. The first-order valence-corrected chi connectivity index (χ1v) is 9.29. The van der Waals surface area contributed by atoms with Gasteiger partial charge in [0.1, 0.15) is 12.4 Å². The molecule has 0 amide bonds. The number of carbonyl (C=O) groups is 1. The maximum absolute atomic E-state index is 13.2. The molecule has 0 bridgehead atoms. The van der Waals surface area contributed by atoms with E-state index >= 15 is 0 Å². The molecule has 1 heterocycles. The number of ether oxygens (including phenoxy) is 1. The van der Waals surface area contributed by atoms with Crippen molar-refractivity contribution >= 4 is 21.7 Å². The Bertz CT molecular complexity index is 906. The van der Waals surface area contributed by atoms with Gasteiger partial charge in [0.2, 0.25) is 0 Å². The summed E-state index contributed by atoms with van der Waals surface area (Å²) in [4.78, 5) is 11.4. The van der Waals surface area contributed by atoms with Crippen molar-refractivity contribution < 1.29 is 23.1 Å². The van der Waals surface area contributed by atoms with Crippen LogP contribution in [0.4, 0.5) is 5.69 Å². The fourth-order valence-corrected chi connectivity index (χ4v) is 4.50. The first-order chi connectivity index (χ1) is 11.8. The molecule has 3 rings (SSSR count). The number of aliphatic carboxylic acids is 1. The Hall–Kier alpha value is -2.54. The summed E-state index contributed by atoms with van der Waals surface area (Å²) in [5, 5.41) is 9.18. The lowest BCUT2D eigenvalue weighted by molar-refractivity contribution is -0.137. The van der Waals surface area contributed by atoms with Gasteiger partial charge in [-0.3, -0.25) is 9.10 Å². The van der Waals surface area contributed by atoms with Crippen molar-refractivity contribution in [3.8, 4) is 5.75 Å². The van der Waals surface area contributed by atoms with Crippen LogP contribution in [0.3, 0.4) is 0 Å².